The molecule has 4 saturated carbocycles. The van der Waals surface area contributed by atoms with Crippen molar-refractivity contribution in [2.45, 2.75) is 82.9 Å². The lowest BCUT2D eigenvalue weighted by atomic mass is 9.84. The number of esters is 1. The summed E-state index contributed by atoms with van der Waals surface area (Å²) in [6, 6.07) is 0. The van der Waals surface area contributed by atoms with Crippen molar-refractivity contribution in [1.29, 1.82) is 0 Å². The van der Waals surface area contributed by atoms with E-state index < -0.39 is 22.8 Å². The Balaban J connectivity index is 0.000000160. The first-order valence-electron chi connectivity index (χ1n) is 11.5. The Labute approximate surface area is 205 Å². The lowest BCUT2D eigenvalue weighted by molar-refractivity contribution is -0.206. The summed E-state index contributed by atoms with van der Waals surface area (Å²) in [5.41, 5.74) is 0. The van der Waals surface area contributed by atoms with Crippen LogP contribution in [0.2, 0.25) is 0 Å². The van der Waals surface area contributed by atoms with Crippen LogP contribution in [-0.2, 0) is 23.8 Å². The van der Waals surface area contributed by atoms with Crippen molar-refractivity contribution in [3.63, 3.8) is 0 Å². The molecule has 0 aromatic heterocycles. The number of fused-ring (bicyclic) bond motifs is 2. The van der Waals surface area contributed by atoms with Crippen LogP contribution in [0.4, 0.5) is 0 Å². The number of aliphatic hydroxyl groups is 3. The molecule has 6 fully saturated rings. The highest BCUT2D eigenvalue weighted by atomic mass is 35.5. The second-order valence-electron chi connectivity index (χ2n) is 10.4. The maximum atomic E-state index is 11.2. The number of hydrogen-bond acceptors (Lipinski definition) is 8. The smallest absolute Gasteiger partial charge is 0.330 e. The Morgan fingerprint density at radius 2 is 1.41 bits per heavy atom. The number of rotatable bonds is 3. The third-order valence-electron chi connectivity index (χ3n) is 8.45. The van der Waals surface area contributed by atoms with E-state index in [0.29, 0.717) is 23.7 Å². The van der Waals surface area contributed by atoms with Crippen molar-refractivity contribution in [3.05, 3.63) is 25.3 Å². The Kier molecular flexibility index (Phi) is 7.74. The van der Waals surface area contributed by atoms with Gasteiger partial charge in [0.1, 0.15) is 12.2 Å². The lowest BCUT2D eigenvalue weighted by Crippen LogP contribution is -2.35. The minimum atomic E-state index is -1.04. The van der Waals surface area contributed by atoms with Crippen LogP contribution in [0.1, 0.15) is 47.0 Å². The van der Waals surface area contributed by atoms with Gasteiger partial charge in [-0.15, -0.1) is 0 Å². The maximum Gasteiger partial charge on any atom is 0.330 e. The highest BCUT2D eigenvalue weighted by Gasteiger charge is 2.66. The highest BCUT2D eigenvalue weighted by molar-refractivity contribution is 6.66. The average Bonchev–Trinajstić information content (AvgIpc) is 3.54. The number of hydrogen-bond donors (Lipinski definition) is 3. The summed E-state index contributed by atoms with van der Waals surface area (Å²) in [5.74, 6) is -0.429. The summed E-state index contributed by atoms with van der Waals surface area (Å²) in [7, 11) is 0. The molecule has 4 bridgehead atoms. The number of carbonyl (C=O) groups excluding carboxylic acids is 2. The van der Waals surface area contributed by atoms with Crippen LogP contribution >= 0.6 is 11.6 Å². The van der Waals surface area contributed by atoms with Gasteiger partial charge in [0, 0.05) is 17.9 Å². The second-order valence-corrected chi connectivity index (χ2v) is 10.8. The van der Waals surface area contributed by atoms with Crippen molar-refractivity contribution >= 4 is 22.8 Å². The van der Waals surface area contributed by atoms with Gasteiger partial charge in [-0.1, -0.05) is 20.6 Å². The summed E-state index contributed by atoms with van der Waals surface area (Å²) < 4.78 is 16.4. The topological polar surface area (TPSA) is 123 Å². The molecular formula is C25H37ClO8. The highest BCUT2D eigenvalue weighted by Crippen LogP contribution is 2.60. The molecule has 0 radical (unpaired) electrons. The van der Waals surface area contributed by atoms with Gasteiger partial charge in [-0.25, -0.2) is 4.79 Å². The van der Waals surface area contributed by atoms with Crippen LogP contribution in [-0.4, -0.2) is 62.5 Å². The van der Waals surface area contributed by atoms with Gasteiger partial charge in [0.05, 0.1) is 12.2 Å². The van der Waals surface area contributed by atoms with Crippen LogP contribution in [0, 0.1) is 35.5 Å². The molecule has 6 aliphatic rings. The van der Waals surface area contributed by atoms with Gasteiger partial charge < -0.3 is 29.5 Å². The molecule has 2 heterocycles. The molecule has 12 unspecified atom stereocenters. The number of halogens is 1. The fraction of sp³-hybridized carbons (Fsp3) is 0.760. The summed E-state index contributed by atoms with van der Waals surface area (Å²) in [6.45, 7) is 9.91. The predicted molar refractivity (Wildman–Crippen MR) is 124 cm³/mol. The molecule has 6 rings (SSSR count). The molecule has 0 amide bonds. The standard InChI is InChI=1S/C12H16O4.C9H14O3.C3H3ClO.CH4/c1-3-9(13)15-10-6-4-7-8(5-6)12(2,14)16-11(7)10;1-9(11)6-3-4-2-5(6)8(12-9)7(4)10;1-2-3(4)5;/h3,6-8,10-11,14H,1,4-5H2,2H3;4-8,10-11H,2-3H2,1H3;2H,1H2;1H4. The van der Waals surface area contributed by atoms with E-state index in [9.17, 15) is 24.9 Å². The van der Waals surface area contributed by atoms with Crippen LogP contribution < -0.4 is 0 Å². The number of allylic oxidation sites excluding steroid dienone is 1. The Bertz CT molecular complexity index is 826. The van der Waals surface area contributed by atoms with E-state index in [2.05, 4.69) is 13.2 Å². The maximum absolute atomic E-state index is 11.2. The number of carbonyl (C=O) groups is 2. The first-order chi connectivity index (χ1) is 15.4. The van der Waals surface area contributed by atoms with Gasteiger partial charge in [-0.05, 0) is 80.9 Å². The van der Waals surface area contributed by atoms with Gasteiger partial charge in [-0.3, -0.25) is 4.79 Å². The normalized spacial score (nSPS) is 49.8. The van der Waals surface area contributed by atoms with E-state index >= 15 is 0 Å². The van der Waals surface area contributed by atoms with Gasteiger partial charge >= 0.3 is 5.97 Å². The zero-order valence-corrected chi connectivity index (χ0v) is 19.7. The van der Waals surface area contributed by atoms with Crippen molar-refractivity contribution < 1.29 is 39.1 Å². The van der Waals surface area contributed by atoms with Gasteiger partial charge in [0.2, 0.25) is 5.24 Å². The Morgan fingerprint density at radius 1 is 0.941 bits per heavy atom. The minimum absolute atomic E-state index is 0. The monoisotopic (exact) mass is 500 g/mol. The first kappa shape index (κ1) is 27.3. The average molecular weight is 501 g/mol. The molecule has 0 aromatic rings. The summed E-state index contributed by atoms with van der Waals surface area (Å²) >= 11 is 4.71. The van der Waals surface area contributed by atoms with E-state index in [1.807, 2.05) is 0 Å². The molecule has 8 nitrogen and oxygen atoms in total. The van der Waals surface area contributed by atoms with Crippen molar-refractivity contribution in [1.82, 2.24) is 0 Å². The van der Waals surface area contributed by atoms with Crippen LogP contribution in [0.25, 0.3) is 0 Å². The quantitative estimate of drug-likeness (QED) is 0.307. The molecule has 2 aliphatic heterocycles. The zero-order chi connectivity index (χ0) is 24.3. The molecular weight excluding hydrogens is 464 g/mol. The van der Waals surface area contributed by atoms with Gasteiger partial charge in [0.25, 0.3) is 0 Å². The molecule has 12 atom stereocenters. The molecule has 4 aliphatic carbocycles. The van der Waals surface area contributed by atoms with E-state index in [-0.39, 0.29) is 43.7 Å². The third kappa shape index (κ3) is 4.61. The molecule has 0 spiro atoms. The fourth-order valence-corrected chi connectivity index (χ4v) is 7.14. The third-order valence-corrected chi connectivity index (χ3v) is 8.61. The summed E-state index contributed by atoms with van der Waals surface area (Å²) in [5, 5.41) is 29.1. The predicted octanol–water partition coefficient (Wildman–Crippen LogP) is 2.53. The number of ether oxygens (including phenoxy) is 3. The molecule has 192 valence electrons. The van der Waals surface area contributed by atoms with Crippen molar-refractivity contribution in [2.24, 2.45) is 35.5 Å². The van der Waals surface area contributed by atoms with E-state index in [1.54, 1.807) is 13.8 Å². The Morgan fingerprint density at radius 3 is 1.88 bits per heavy atom. The molecule has 9 heteroatoms. The zero-order valence-electron chi connectivity index (χ0n) is 18.9. The number of aliphatic hydroxyl groups excluding tert-OH is 1. The Hall–Kier alpha value is -1.29. The summed E-state index contributed by atoms with van der Waals surface area (Å²) in [4.78, 5) is 20.7. The SMILES string of the molecule is C.C=CC(=O)Cl.C=CC(=O)OC1C2CC3C1OC(C)(O)C3C2.CC1(O)OC2C(O)C3CC2C1C3. The van der Waals surface area contributed by atoms with E-state index in [0.717, 1.165) is 31.8 Å². The van der Waals surface area contributed by atoms with Crippen LogP contribution in [0.5, 0.6) is 0 Å². The van der Waals surface area contributed by atoms with E-state index in [4.69, 9.17) is 25.8 Å². The minimum Gasteiger partial charge on any atom is -0.456 e. The van der Waals surface area contributed by atoms with Gasteiger partial charge in [-0.2, -0.15) is 0 Å². The van der Waals surface area contributed by atoms with E-state index in [1.165, 1.54) is 6.08 Å². The molecule has 0 aromatic carbocycles. The van der Waals surface area contributed by atoms with Crippen molar-refractivity contribution in [3.8, 4) is 0 Å². The fourth-order valence-electron chi connectivity index (χ4n) is 7.14. The second kappa shape index (κ2) is 9.64. The first-order valence-corrected chi connectivity index (χ1v) is 11.9. The van der Waals surface area contributed by atoms with Crippen molar-refractivity contribution in [2.75, 3.05) is 0 Å². The molecule has 3 N–H and O–H groups in total. The summed E-state index contributed by atoms with van der Waals surface area (Å²) in [6.07, 6.45) is 5.39. The van der Waals surface area contributed by atoms with Crippen LogP contribution in [0.3, 0.4) is 0 Å². The molecule has 34 heavy (non-hydrogen) atoms. The molecule has 2 saturated heterocycles. The van der Waals surface area contributed by atoms with Crippen LogP contribution in [0.15, 0.2) is 25.3 Å². The van der Waals surface area contributed by atoms with Gasteiger partial charge in [0.15, 0.2) is 11.6 Å². The largest absolute Gasteiger partial charge is 0.456 e. The lowest BCUT2D eigenvalue weighted by Gasteiger charge is -2.25.